The molecule has 0 spiro atoms. The van der Waals surface area contributed by atoms with Crippen LogP contribution in [0.15, 0.2) is 111 Å². The van der Waals surface area contributed by atoms with Crippen molar-refractivity contribution >= 4 is 23.6 Å². The molecule has 3 rings (SSSR count). The highest BCUT2D eigenvalue weighted by molar-refractivity contribution is 6.09. The fourth-order valence-electron chi connectivity index (χ4n) is 4.12. The Balaban J connectivity index is 1.76. The highest BCUT2D eigenvalue weighted by Gasteiger charge is 2.26. The molecule has 1 aliphatic heterocycles. The molecule has 204 valence electrons. The van der Waals surface area contributed by atoms with E-state index in [0.717, 1.165) is 5.56 Å². The lowest BCUT2D eigenvalue weighted by molar-refractivity contribution is -0.122. The normalized spacial score (nSPS) is 16.8. The van der Waals surface area contributed by atoms with Crippen molar-refractivity contribution in [2.45, 2.75) is 39.2 Å². The number of hydrogen-bond donors (Lipinski definition) is 2. The summed E-state index contributed by atoms with van der Waals surface area (Å²) in [6.45, 7) is 7.19. The molecule has 1 amide bonds. The predicted molar refractivity (Wildman–Crippen MR) is 154 cm³/mol. The molecule has 0 aromatic heterocycles. The van der Waals surface area contributed by atoms with Crippen molar-refractivity contribution in [3.05, 3.63) is 107 Å². The van der Waals surface area contributed by atoms with Gasteiger partial charge >= 0.3 is 0 Å². The second-order valence-corrected chi connectivity index (χ2v) is 9.02. The first-order valence-corrected chi connectivity index (χ1v) is 12.6. The molecule has 0 radical (unpaired) electrons. The number of hydrogen-bond acceptors (Lipinski definition) is 6. The van der Waals surface area contributed by atoms with Crippen LogP contribution in [0.25, 0.3) is 0 Å². The number of nitrogens with zero attached hydrogens (tertiary/aromatic N) is 3. The highest BCUT2D eigenvalue weighted by Crippen LogP contribution is 2.29. The summed E-state index contributed by atoms with van der Waals surface area (Å²) in [7, 11) is 3.01. The topological polar surface area (TPSA) is 94.7 Å². The van der Waals surface area contributed by atoms with Gasteiger partial charge in [0.2, 0.25) is 0 Å². The van der Waals surface area contributed by atoms with Crippen molar-refractivity contribution in [1.82, 2.24) is 4.90 Å². The van der Waals surface area contributed by atoms with Gasteiger partial charge in [-0.05, 0) is 66.8 Å². The van der Waals surface area contributed by atoms with Crippen LogP contribution in [0.3, 0.4) is 0 Å². The van der Waals surface area contributed by atoms with Crippen molar-refractivity contribution in [1.29, 1.82) is 0 Å². The van der Waals surface area contributed by atoms with Crippen molar-refractivity contribution in [2.75, 3.05) is 14.1 Å². The minimum atomic E-state index is -1.09. The maximum Gasteiger partial charge on any atom is 0.258 e. The lowest BCUT2D eigenvalue weighted by atomic mass is 10.0. The number of phenolic OH excluding ortho intramolecular Hbond substituents is 1. The smallest absolute Gasteiger partial charge is 0.258 e. The third kappa shape index (κ3) is 7.39. The zero-order chi connectivity index (χ0) is 28.5. The number of allylic oxidation sites excluding steroid dienone is 10. The highest BCUT2D eigenvalue weighted by atomic mass is 19.1. The summed E-state index contributed by atoms with van der Waals surface area (Å²) in [4.78, 5) is 23.0. The Labute approximate surface area is 228 Å². The van der Waals surface area contributed by atoms with Crippen LogP contribution < -0.4 is 0 Å². The SMILES string of the molecule is C=C(C(=O)N(C)C(=NC)C(O)C1=CC=CC=CC1)/C(=C/C(F)=C(\C)OC1=CC=Nc2ccc(O)cc2C1)CC. The van der Waals surface area contributed by atoms with Crippen LogP contribution in [0.1, 0.15) is 32.3 Å². The maximum absolute atomic E-state index is 15.2. The molecule has 1 unspecified atom stereocenters. The monoisotopic (exact) mass is 531 g/mol. The summed E-state index contributed by atoms with van der Waals surface area (Å²) >= 11 is 0. The fourth-order valence-corrected chi connectivity index (χ4v) is 4.12. The standard InChI is InChI=1S/C31H34FN3O4/c1-6-22(20(2)31(38)35(5)30(33-4)29(37)23-11-9-7-8-10-12-23)19-27(32)21(3)39-26-15-16-34-28-14-13-25(36)17-24(28)18-26/h7-11,13-17,19,29,36-37H,2,6,12,18H2,1,3-5H3/b22-19+,27-21-,33-30?. The largest absolute Gasteiger partial charge is 0.508 e. The van der Waals surface area contributed by atoms with Gasteiger partial charge in [0.1, 0.15) is 29.2 Å². The molecule has 1 atom stereocenters. The molecule has 39 heavy (non-hydrogen) atoms. The van der Waals surface area contributed by atoms with Crippen LogP contribution >= 0.6 is 0 Å². The van der Waals surface area contributed by atoms with E-state index in [1.807, 2.05) is 24.3 Å². The lowest BCUT2D eigenvalue weighted by Crippen LogP contribution is -2.42. The third-order valence-corrected chi connectivity index (χ3v) is 6.35. The van der Waals surface area contributed by atoms with E-state index >= 15 is 4.39 Å². The molecular formula is C31H34FN3O4. The summed E-state index contributed by atoms with van der Waals surface area (Å²) in [6.07, 6.45) is 13.8. The first-order valence-electron chi connectivity index (χ1n) is 12.6. The summed E-state index contributed by atoms with van der Waals surface area (Å²) in [6, 6.07) is 4.84. The molecule has 0 bridgehead atoms. The number of ether oxygens (including phenoxy) is 1. The van der Waals surface area contributed by atoms with Gasteiger partial charge in [0.05, 0.1) is 5.69 Å². The zero-order valence-electron chi connectivity index (χ0n) is 22.7. The molecular weight excluding hydrogens is 497 g/mol. The van der Waals surface area contributed by atoms with Crippen LogP contribution in [-0.4, -0.2) is 53.3 Å². The molecule has 0 fully saturated rings. The quantitative estimate of drug-likeness (QED) is 0.143. The maximum atomic E-state index is 15.2. The van der Waals surface area contributed by atoms with E-state index in [-0.39, 0.29) is 22.9 Å². The first-order chi connectivity index (χ1) is 18.7. The molecule has 2 aliphatic rings. The van der Waals surface area contributed by atoms with Gasteiger partial charge in [-0.15, -0.1) is 0 Å². The number of carbonyl (C=O) groups is 1. The molecule has 1 heterocycles. The summed E-state index contributed by atoms with van der Waals surface area (Å²) in [5.41, 5.74) is 2.59. The molecule has 1 aromatic rings. The Morgan fingerprint density at radius 1 is 1.31 bits per heavy atom. The van der Waals surface area contributed by atoms with E-state index in [4.69, 9.17) is 4.74 Å². The molecule has 0 saturated carbocycles. The number of rotatable bonds is 8. The van der Waals surface area contributed by atoms with Crippen LogP contribution in [0.2, 0.25) is 0 Å². The third-order valence-electron chi connectivity index (χ3n) is 6.35. The van der Waals surface area contributed by atoms with Gasteiger partial charge in [-0.2, -0.15) is 0 Å². The van der Waals surface area contributed by atoms with E-state index < -0.39 is 17.8 Å². The van der Waals surface area contributed by atoms with Crippen LogP contribution in [0.5, 0.6) is 5.75 Å². The van der Waals surface area contributed by atoms with E-state index in [1.165, 1.54) is 32.0 Å². The molecule has 1 aromatic carbocycles. The number of carbonyl (C=O) groups excluding carboxylic acids is 1. The zero-order valence-corrected chi connectivity index (χ0v) is 22.7. The molecule has 1 aliphatic carbocycles. The van der Waals surface area contributed by atoms with Crippen LogP contribution in [0.4, 0.5) is 10.1 Å². The van der Waals surface area contributed by atoms with E-state index in [1.54, 1.807) is 43.5 Å². The van der Waals surface area contributed by atoms with Crippen molar-refractivity contribution in [3.8, 4) is 5.75 Å². The second-order valence-electron chi connectivity index (χ2n) is 9.02. The van der Waals surface area contributed by atoms with E-state index in [9.17, 15) is 15.0 Å². The lowest BCUT2D eigenvalue weighted by Gasteiger charge is -2.25. The Morgan fingerprint density at radius 2 is 2.08 bits per heavy atom. The van der Waals surface area contributed by atoms with Gasteiger partial charge in [0, 0.05) is 32.3 Å². The minimum absolute atomic E-state index is 0.00505. The number of amidine groups is 1. The van der Waals surface area contributed by atoms with Crippen molar-refractivity contribution < 1.29 is 24.1 Å². The Bertz CT molecular complexity index is 1380. The van der Waals surface area contributed by atoms with Gasteiger partial charge in [-0.25, -0.2) is 4.39 Å². The number of phenols is 1. The van der Waals surface area contributed by atoms with Crippen LogP contribution in [0, 0.1) is 0 Å². The van der Waals surface area contributed by atoms with Gasteiger partial charge < -0.3 is 14.9 Å². The second kappa shape index (κ2) is 13.5. The first kappa shape index (κ1) is 29.3. The average Bonchev–Trinajstić information content (AvgIpc) is 3.31. The van der Waals surface area contributed by atoms with Crippen LogP contribution in [-0.2, 0) is 16.0 Å². The molecule has 0 saturated heterocycles. The van der Waals surface area contributed by atoms with Gasteiger partial charge in [0.15, 0.2) is 5.83 Å². The summed E-state index contributed by atoms with van der Waals surface area (Å²) < 4.78 is 21.0. The minimum Gasteiger partial charge on any atom is -0.508 e. The van der Waals surface area contributed by atoms with Crippen molar-refractivity contribution in [2.24, 2.45) is 9.98 Å². The van der Waals surface area contributed by atoms with Gasteiger partial charge in [0.25, 0.3) is 5.91 Å². The number of aliphatic imine (C=N–C) groups is 2. The number of amides is 1. The Hall–Kier alpha value is -4.30. The molecule has 2 N–H and O–H groups in total. The molecule has 7 nitrogen and oxygen atoms in total. The predicted octanol–water partition coefficient (Wildman–Crippen LogP) is 5.93. The Morgan fingerprint density at radius 3 is 2.79 bits per heavy atom. The van der Waals surface area contributed by atoms with Crippen molar-refractivity contribution in [3.63, 3.8) is 0 Å². The number of aliphatic hydroxyl groups excluding tert-OH is 1. The summed E-state index contributed by atoms with van der Waals surface area (Å²) in [5, 5.41) is 20.7. The Kier molecular flexibility index (Phi) is 10.1. The number of fused-ring (bicyclic) bond motifs is 1. The fraction of sp³-hybridized carbons (Fsp3) is 0.258. The summed E-state index contributed by atoms with van der Waals surface area (Å²) in [5.74, 6) is -0.439. The number of benzene rings is 1. The number of aromatic hydroxyl groups is 1. The number of aliphatic hydroxyl groups is 1. The number of likely N-dealkylation sites (N-methyl/N-ethyl adjacent to an activating group) is 1. The van der Waals surface area contributed by atoms with Gasteiger partial charge in [-0.3, -0.25) is 19.7 Å². The molecule has 8 heteroatoms. The van der Waals surface area contributed by atoms with Gasteiger partial charge in [-0.1, -0.05) is 43.9 Å². The number of halogens is 1. The van der Waals surface area contributed by atoms with E-state index in [2.05, 4.69) is 16.6 Å². The average molecular weight is 532 g/mol. The van der Waals surface area contributed by atoms with E-state index in [0.29, 0.717) is 41.9 Å².